The number of ether oxygens (including phenoxy) is 1. The average molecular weight is 383 g/mol. The summed E-state index contributed by atoms with van der Waals surface area (Å²) in [6.45, 7) is 0.622. The summed E-state index contributed by atoms with van der Waals surface area (Å²) in [5.74, 6) is 4.18. The van der Waals surface area contributed by atoms with E-state index in [1.165, 1.54) is 0 Å². The Morgan fingerprint density at radius 1 is 1.21 bits per heavy atom. The van der Waals surface area contributed by atoms with Crippen LogP contribution < -0.4 is 21.1 Å². The molecule has 1 aromatic heterocycles. The second-order valence-corrected chi connectivity index (χ2v) is 6.71. The van der Waals surface area contributed by atoms with Crippen LogP contribution >= 0.6 is 0 Å². The highest BCUT2D eigenvalue weighted by Gasteiger charge is 2.34. The van der Waals surface area contributed by atoms with E-state index in [1.54, 1.807) is 19.6 Å². The SMILES string of the molecule is C#Cc1cccc(C2(N)N=CNc3cnc(NCc4ccc(OC)cc4)cc32)c1. The number of methoxy groups -OCH3 is 1. The largest absolute Gasteiger partial charge is 0.497 e. The first-order chi connectivity index (χ1) is 14.1. The molecule has 29 heavy (non-hydrogen) atoms. The Balaban J connectivity index is 1.62. The zero-order chi connectivity index (χ0) is 20.3. The molecule has 1 unspecified atom stereocenters. The average Bonchev–Trinajstić information content (AvgIpc) is 2.78. The van der Waals surface area contributed by atoms with Crippen molar-refractivity contribution < 1.29 is 4.74 Å². The van der Waals surface area contributed by atoms with E-state index in [0.717, 1.165) is 33.7 Å². The van der Waals surface area contributed by atoms with Crippen molar-refractivity contribution in [1.82, 2.24) is 4.98 Å². The van der Waals surface area contributed by atoms with Crippen LogP contribution in [0.25, 0.3) is 0 Å². The van der Waals surface area contributed by atoms with E-state index < -0.39 is 5.66 Å². The maximum absolute atomic E-state index is 6.75. The number of nitrogens with two attached hydrogens (primary N) is 1. The third kappa shape index (κ3) is 3.64. The monoisotopic (exact) mass is 383 g/mol. The van der Waals surface area contributed by atoms with Gasteiger partial charge in [-0.1, -0.05) is 30.2 Å². The van der Waals surface area contributed by atoms with E-state index >= 15 is 0 Å². The molecule has 4 N–H and O–H groups in total. The number of hydrogen-bond donors (Lipinski definition) is 3. The Morgan fingerprint density at radius 3 is 2.79 bits per heavy atom. The zero-order valence-electron chi connectivity index (χ0n) is 16.0. The van der Waals surface area contributed by atoms with Gasteiger partial charge in [-0.25, -0.2) is 9.98 Å². The third-order valence-electron chi connectivity index (χ3n) is 4.90. The van der Waals surface area contributed by atoms with E-state index in [0.29, 0.717) is 12.4 Å². The van der Waals surface area contributed by atoms with Gasteiger partial charge in [0.25, 0.3) is 0 Å². The summed E-state index contributed by atoms with van der Waals surface area (Å²) in [5, 5.41) is 6.45. The fourth-order valence-corrected chi connectivity index (χ4v) is 3.27. The summed E-state index contributed by atoms with van der Waals surface area (Å²) in [6.07, 6.45) is 8.90. The molecule has 6 heteroatoms. The lowest BCUT2D eigenvalue weighted by atomic mass is 9.90. The number of pyridine rings is 1. The van der Waals surface area contributed by atoms with Crippen LogP contribution in [0.1, 0.15) is 22.3 Å². The lowest BCUT2D eigenvalue weighted by Gasteiger charge is -2.31. The summed E-state index contributed by atoms with van der Waals surface area (Å²) >= 11 is 0. The predicted molar refractivity (Wildman–Crippen MR) is 116 cm³/mol. The molecule has 6 nitrogen and oxygen atoms in total. The van der Waals surface area contributed by atoms with Crippen LogP contribution in [0, 0.1) is 12.3 Å². The summed E-state index contributed by atoms with van der Waals surface area (Å²) in [4.78, 5) is 9.02. The third-order valence-corrected chi connectivity index (χ3v) is 4.90. The van der Waals surface area contributed by atoms with Gasteiger partial charge in [0.1, 0.15) is 11.6 Å². The number of terminal acetylenes is 1. The Morgan fingerprint density at radius 2 is 2.03 bits per heavy atom. The van der Waals surface area contributed by atoms with Crippen LogP contribution in [0.4, 0.5) is 11.5 Å². The van der Waals surface area contributed by atoms with Gasteiger partial charge in [-0.15, -0.1) is 6.42 Å². The number of benzene rings is 2. The van der Waals surface area contributed by atoms with Crippen molar-refractivity contribution in [3.8, 4) is 18.1 Å². The highest BCUT2D eigenvalue weighted by molar-refractivity contribution is 5.82. The molecule has 2 heterocycles. The number of nitrogens with zero attached hydrogens (tertiary/aromatic N) is 2. The standard InChI is InChI=1S/C23H21N5O/c1-3-16-5-4-6-18(11-16)23(24)20-12-22(26-14-21(20)27-15-28-23)25-13-17-7-9-19(29-2)10-8-17/h1,4-12,14-15H,13,24H2,2H3,(H,25,26)(H,27,28). The molecule has 144 valence electrons. The van der Waals surface area contributed by atoms with Crippen molar-refractivity contribution in [1.29, 1.82) is 0 Å². The molecule has 4 rings (SSSR count). The van der Waals surface area contributed by atoms with Crippen molar-refractivity contribution >= 4 is 17.8 Å². The normalized spacial score (nSPS) is 17.0. The molecule has 3 aromatic rings. The minimum Gasteiger partial charge on any atom is -0.497 e. The minimum atomic E-state index is -1.05. The fourth-order valence-electron chi connectivity index (χ4n) is 3.27. The smallest absolute Gasteiger partial charge is 0.163 e. The molecule has 1 atom stereocenters. The number of hydrogen-bond acceptors (Lipinski definition) is 6. The fraction of sp³-hybridized carbons (Fsp3) is 0.130. The molecule has 0 bridgehead atoms. The summed E-state index contributed by atoms with van der Waals surface area (Å²) in [5.41, 5.74) is 10.0. The number of rotatable bonds is 5. The highest BCUT2D eigenvalue weighted by atomic mass is 16.5. The molecule has 0 radical (unpaired) electrons. The van der Waals surface area contributed by atoms with Gasteiger partial charge in [0.15, 0.2) is 5.66 Å². The Bertz CT molecular complexity index is 1100. The Labute approximate surface area is 169 Å². The van der Waals surface area contributed by atoms with E-state index in [1.807, 2.05) is 54.6 Å². The molecule has 1 aliphatic heterocycles. The second-order valence-electron chi connectivity index (χ2n) is 6.71. The minimum absolute atomic E-state index is 0.622. The highest BCUT2D eigenvalue weighted by Crippen LogP contribution is 2.36. The predicted octanol–water partition coefficient (Wildman–Crippen LogP) is 3.30. The van der Waals surface area contributed by atoms with Gasteiger partial charge in [0.2, 0.25) is 0 Å². The summed E-state index contributed by atoms with van der Waals surface area (Å²) in [6, 6.07) is 17.4. The molecular weight excluding hydrogens is 362 g/mol. The van der Waals surface area contributed by atoms with Gasteiger partial charge in [-0.05, 0) is 41.5 Å². The zero-order valence-corrected chi connectivity index (χ0v) is 16.0. The van der Waals surface area contributed by atoms with Crippen LogP contribution in [0.2, 0.25) is 0 Å². The molecular formula is C23H21N5O. The quantitative estimate of drug-likeness (QED) is 0.589. The van der Waals surface area contributed by atoms with E-state index in [-0.39, 0.29) is 0 Å². The van der Waals surface area contributed by atoms with E-state index in [2.05, 4.69) is 26.5 Å². The number of nitrogens with one attached hydrogen (secondary N) is 2. The van der Waals surface area contributed by atoms with Gasteiger partial charge in [-0.3, -0.25) is 5.73 Å². The van der Waals surface area contributed by atoms with Crippen LogP contribution in [0.3, 0.4) is 0 Å². The van der Waals surface area contributed by atoms with Crippen molar-refractivity contribution in [2.75, 3.05) is 17.7 Å². The van der Waals surface area contributed by atoms with Crippen molar-refractivity contribution in [2.24, 2.45) is 10.7 Å². The van der Waals surface area contributed by atoms with E-state index in [4.69, 9.17) is 16.9 Å². The molecule has 1 aliphatic rings. The number of aromatic nitrogens is 1. The lowest BCUT2D eigenvalue weighted by Crippen LogP contribution is -2.39. The first-order valence-corrected chi connectivity index (χ1v) is 9.16. The summed E-state index contributed by atoms with van der Waals surface area (Å²) < 4.78 is 5.20. The maximum atomic E-state index is 6.75. The van der Waals surface area contributed by atoms with Crippen LogP contribution in [-0.2, 0) is 12.2 Å². The van der Waals surface area contributed by atoms with Gasteiger partial charge in [0.05, 0.1) is 25.3 Å². The number of fused-ring (bicyclic) bond motifs is 1. The van der Waals surface area contributed by atoms with Crippen LogP contribution in [0.5, 0.6) is 5.75 Å². The topological polar surface area (TPSA) is 84.6 Å². The first kappa shape index (κ1) is 18.5. The van der Waals surface area contributed by atoms with Crippen molar-refractivity contribution in [3.05, 3.63) is 83.0 Å². The molecule has 0 saturated heterocycles. The molecule has 0 amide bonds. The lowest BCUT2D eigenvalue weighted by molar-refractivity contribution is 0.414. The maximum Gasteiger partial charge on any atom is 0.163 e. The second kappa shape index (κ2) is 7.66. The van der Waals surface area contributed by atoms with Crippen LogP contribution in [0.15, 0.2) is 65.8 Å². The summed E-state index contributed by atoms with van der Waals surface area (Å²) in [7, 11) is 1.65. The Kier molecular flexibility index (Phi) is 4.90. The molecule has 2 aromatic carbocycles. The van der Waals surface area contributed by atoms with Crippen molar-refractivity contribution in [2.45, 2.75) is 12.2 Å². The van der Waals surface area contributed by atoms with Crippen molar-refractivity contribution in [3.63, 3.8) is 0 Å². The first-order valence-electron chi connectivity index (χ1n) is 9.16. The number of aliphatic imine (C=N–C) groups is 1. The van der Waals surface area contributed by atoms with Crippen LogP contribution in [-0.4, -0.2) is 18.4 Å². The molecule has 0 fully saturated rings. The van der Waals surface area contributed by atoms with Gasteiger partial charge in [0, 0.05) is 17.7 Å². The Hall–Kier alpha value is -3.82. The molecule has 0 spiro atoms. The molecule has 0 aliphatic carbocycles. The van der Waals surface area contributed by atoms with Gasteiger partial charge >= 0.3 is 0 Å². The molecule has 0 saturated carbocycles. The van der Waals surface area contributed by atoms with Gasteiger partial charge in [-0.2, -0.15) is 0 Å². The number of anilines is 2. The van der Waals surface area contributed by atoms with E-state index in [9.17, 15) is 0 Å². The van der Waals surface area contributed by atoms with Gasteiger partial charge < -0.3 is 15.4 Å².